The van der Waals surface area contributed by atoms with Crippen LogP contribution in [0.5, 0.6) is 0 Å². The minimum atomic E-state index is -0.891. The smallest absolute Gasteiger partial charge is 0.229 e. The highest BCUT2D eigenvalue weighted by molar-refractivity contribution is 5.87. The number of aromatic nitrogens is 2. The monoisotopic (exact) mass is 358 g/mol. The topological polar surface area (TPSA) is 87.6 Å². The van der Waals surface area contributed by atoms with Crippen molar-refractivity contribution < 1.29 is 14.6 Å². The van der Waals surface area contributed by atoms with Crippen LogP contribution in [-0.2, 0) is 9.53 Å². The van der Waals surface area contributed by atoms with Gasteiger partial charge in [0.1, 0.15) is 0 Å². The summed E-state index contributed by atoms with van der Waals surface area (Å²) in [6.45, 7) is 2.95. The van der Waals surface area contributed by atoms with Crippen LogP contribution in [0.15, 0.2) is 18.5 Å². The zero-order valence-electron chi connectivity index (χ0n) is 14.9. The summed E-state index contributed by atoms with van der Waals surface area (Å²) in [6, 6.07) is 2.04. The molecule has 3 heterocycles. The van der Waals surface area contributed by atoms with E-state index in [2.05, 4.69) is 20.2 Å². The van der Waals surface area contributed by atoms with E-state index in [0.717, 1.165) is 38.3 Å². The fraction of sp³-hybridized carbons (Fsp3) is 0.737. The number of anilines is 1. The molecule has 3 atom stereocenters. The van der Waals surface area contributed by atoms with Gasteiger partial charge in [-0.25, -0.2) is 9.97 Å². The Labute approximate surface area is 153 Å². The van der Waals surface area contributed by atoms with E-state index in [4.69, 9.17) is 4.74 Å². The second kappa shape index (κ2) is 5.89. The highest BCUT2D eigenvalue weighted by atomic mass is 16.5. The molecule has 0 radical (unpaired) electrons. The summed E-state index contributed by atoms with van der Waals surface area (Å²) < 4.78 is 5.38. The predicted octanol–water partition coefficient (Wildman–Crippen LogP) is 0.739. The molecule has 2 aliphatic carbocycles. The SMILES string of the molecule is O=C(NC1CC2CN(c3ncccn3)CC21)C1(C2(O)CCOCC2)CC1. The molecule has 7 heteroatoms. The molecule has 140 valence electrons. The molecular formula is C19H26N4O3. The van der Waals surface area contributed by atoms with Crippen molar-refractivity contribution >= 4 is 11.9 Å². The van der Waals surface area contributed by atoms with Crippen LogP contribution in [0.2, 0.25) is 0 Å². The van der Waals surface area contributed by atoms with Gasteiger partial charge in [-0.3, -0.25) is 4.79 Å². The van der Waals surface area contributed by atoms with Gasteiger partial charge in [-0.15, -0.1) is 0 Å². The maximum atomic E-state index is 13.0. The number of carbonyl (C=O) groups excluding carboxylic acids is 1. The van der Waals surface area contributed by atoms with Crippen molar-refractivity contribution in [2.75, 3.05) is 31.2 Å². The molecule has 2 saturated carbocycles. The van der Waals surface area contributed by atoms with Gasteiger partial charge < -0.3 is 20.1 Å². The molecule has 1 aromatic rings. The van der Waals surface area contributed by atoms with E-state index in [-0.39, 0.29) is 11.9 Å². The van der Waals surface area contributed by atoms with Gasteiger partial charge in [0, 0.05) is 63.5 Å². The second-order valence-corrected chi connectivity index (χ2v) is 8.42. The molecule has 0 aromatic carbocycles. The van der Waals surface area contributed by atoms with Crippen LogP contribution in [0, 0.1) is 17.3 Å². The average molecular weight is 358 g/mol. The van der Waals surface area contributed by atoms with Crippen molar-refractivity contribution in [3.63, 3.8) is 0 Å². The zero-order valence-corrected chi connectivity index (χ0v) is 14.9. The Morgan fingerprint density at radius 1 is 1.19 bits per heavy atom. The van der Waals surface area contributed by atoms with Crippen molar-refractivity contribution in [1.29, 1.82) is 0 Å². The van der Waals surface area contributed by atoms with Gasteiger partial charge in [0.2, 0.25) is 11.9 Å². The van der Waals surface area contributed by atoms with Gasteiger partial charge >= 0.3 is 0 Å². The van der Waals surface area contributed by atoms with E-state index in [9.17, 15) is 9.90 Å². The highest BCUT2D eigenvalue weighted by Crippen LogP contribution is 2.58. The number of carbonyl (C=O) groups is 1. The molecule has 0 bridgehead atoms. The largest absolute Gasteiger partial charge is 0.389 e. The number of rotatable bonds is 4. The van der Waals surface area contributed by atoms with Gasteiger partial charge in [-0.2, -0.15) is 0 Å². The minimum Gasteiger partial charge on any atom is -0.389 e. The van der Waals surface area contributed by atoms with Crippen LogP contribution in [-0.4, -0.2) is 58.9 Å². The number of hydrogen-bond acceptors (Lipinski definition) is 6. The van der Waals surface area contributed by atoms with Crippen LogP contribution < -0.4 is 10.2 Å². The summed E-state index contributed by atoms with van der Waals surface area (Å²) in [4.78, 5) is 23.9. The zero-order chi connectivity index (χ0) is 17.8. The molecule has 26 heavy (non-hydrogen) atoms. The lowest BCUT2D eigenvalue weighted by Gasteiger charge is -2.43. The summed E-state index contributed by atoms with van der Waals surface area (Å²) in [7, 11) is 0. The molecule has 0 spiro atoms. The Bertz CT molecular complexity index is 687. The lowest BCUT2D eigenvalue weighted by atomic mass is 9.70. The lowest BCUT2D eigenvalue weighted by molar-refractivity contribution is -0.151. The summed E-state index contributed by atoms with van der Waals surface area (Å²) in [5.74, 6) is 1.90. The van der Waals surface area contributed by atoms with Crippen LogP contribution in [0.1, 0.15) is 32.1 Å². The van der Waals surface area contributed by atoms with Crippen LogP contribution in [0.4, 0.5) is 5.95 Å². The van der Waals surface area contributed by atoms with Crippen LogP contribution in [0.3, 0.4) is 0 Å². The molecule has 3 unspecified atom stereocenters. The Morgan fingerprint density at radius 3 is 2.62 bits per heavy atom. The van der Waals surface area contributed by atoms with E-state index < -0.39 is 11.0 Å². The Kier molecular flexibility index (Phi) is 3.72. The third-order valence-corrected chi connectivity index (χ3v) is 7.11. The van der Waals surface area contributed by atoms with Crippen LogP contribution >= 0.6 is 0 Å². The third-order valence-electron chi connectivity index (χ3n) is 7.11. The maximum absolute atomic E-state index is 13.0. The number of ether oxygens (including phenoxy) is 1. The third kappa shape index (κ3) is 2.44. The Morgan fingerprint density at radius 2 is 1.92 bits per heavy atom. The average Bonchev–Trinajstić information content (AvgIpc) is 3.41. The molecule has 2 N–H and O–H groups in total. The Balaban J connectivity index is 1.22. The van der Waals surface area contributed by atoms with E-state index in [1.807, 2.05) is 6.07 Å². The number of amides is 1. The normalized spacial score (nSPS) is 33.9. The van der Waals surface area contributed by atoms with Crippen LogP contribution in [0.25, 0.3) is 0 Å². The van der Waals surface area contributed by atoms with Gasteiger partial charge in [0.25, 0.3) is 0 Å². The van der Waals surface area contributed by atoms with Crippen molar-refractivity contribution in [2.45, 2.75) is 43.7 Å². The van der Waals surface area contributed by atoms with E-state index >= 15 is 0 Å². The molecule has 5 rings (SSSR count). The highest BCUT2D eigenvalue weighted by Gasteiger charge is 2.64. The predicted molar refractivity (Wildman–Crippen MR) is 94.4 cm³/mol. The van der Waals surface area contributed by atoms with Crippen molar-refractivity contribution in [2.24, 2.45) is 17.3 Å². The van der Waals surface area contributed by atoms with Gasteiger partial charge in [-0.1, -0.05) is 0 Å². The minimum absolute atomic E-state index is 0.0553. The number of hydrogen-bond donors (Lipinski definition) is 2. The van der Waals surface area contributed by atoms with Gasteiger partial charge in [-0.05, 0) is 31.2 Å². The first kappa shape index (κ1) is 16.4. The molecule has 2 saturated heterocycles. The van der Waals surface area contributed by atoms with Crippen molar-refractivity contribution in [1.82, 2.24) is 15.3 Å². The Hall–Kier alpha value is -1.73. The van der Waals surface area contributed by atoms with Gasteiger partial charge in [0.05, 0.1) is 11.0 Å². The summed E-state index contributed by atoms with van der Waals surface area (Å²) in [6.07, 6.45) is 7.27. The quantitative estimate of drug-likeness (QED) is 0.825. The van der Waals surface area contributed by atoms with Crippen molar-refractivity contribution in [3.8, 4) is 0 Å². The molecule has 7 nitrogen and oxygen atoms in total. The van der Waals surface area contributed by atoms with Crippen molar-refractivity contribution in [3.05, 3.63) is 18.5 Å². The molecule has 4 fully saturated rings. The standard InChI is InChI=1S/C19H26N4O3/c24-16(18(2-3-18)19(25)4-8-26-9-5-19)22-15-10-13-11-23(12-14(13)15)17-20-6-1-7-21-17/h1,6-7,13-15,25H,2-5,8-12H2,(H,22,24). The fourth-order valence-corrected chi connectivity index (χ4v) is 5.21. The summed E-state index contributed by atoms with van der Waals surface area (Å²) in [5.41, 5.74) is -1.47. The lowest BCUT2D eigenvalue weighted by Crippen LogP contribution is -2.58. The number of nitrogens with zero attached hydrogens (tertiary/aromatic N) is 3. The molecule has 1 amide bonds. The number of nitrogens with one attached hydrogen (secondary N) is 1. The molecule has 1 aromatic heterocycles. The maximum Gasteiger partial charge on any atom is 0.229 e. The number of aliphatic hydroxyl groups is 1. The number of fused-ring (bicyclic) bond motifs is 1. The fourth-order valence-electron chi connectivity index (χ4n) is 5.21. The second-order valence-electron chi connectivity index (χ2n) is 8.42. The first-order chi connectivity index (χ1) is 12.6. The summed E-state index contributed by atoms with van der Waals surface area (Å²) >= 11 is 0. The van der Waals surface area contributed by atoms with E-state index in [0.29, 0.717) is 37.9 Å². The first-order valence-electron chi connectivity index (χ1n) is 9.74. The van der Waals surface area contributed by atoms with E-state index in [1.54, 1.807) is 12.4 Å². The molecular weight excluding hydrogens is 332 g/mol. The first-order valence-corrected chi connectivity index (χ1v) is 9.74. The van der Waals surface area contributed by atoms with Gasteiger partial charge in [0.15, 0.2) is 0 Å². The molecule has 2 aliphatic heterocycles. The summed E-state index contributed by atoms with van der Waals surface area (Å²) in [5, 5.41) is 14.3. The molecule has 4 aliphatic rings. The van der Waals surface area contributed by atoms with E-state index in [1.165, 1.54) is 0 Å².